The van der Waals surface area contributed by atoms with E-state index in [0.29, 0.717) is 24.7 Å². The number of hydrogen-bond donors (Lipinski definition) is 3. The Morgan fingerprint density at radius 2 is 2.12 bits per heavy atom. The third-order valence-corrected chi connectivity index (χ3v) is 4.37. The Morgan fingerprint density at radius 3 is 2.83 bits per heavy atom. The Kier molecular flexibility index (Phi) is 5.43. The van der Waals surface area contributed by atoms with Crippen molar-refractivity contribution in [1.29, 1.82) is 0 Å². The first-order chi connectivity index (χ1) is 11.7. The molecule has 0 spiro atoms. The number of rotatable bonds is 5. The normalized spacial score (nSPS) is 16.0. The number of nitrogens with one attached hydrogen (secondary N) is 3. The number of anilines is 1. The fourth-order valence-electron chi connectivity index (χ4n) is 2.95. The van der Waals surface area contributed by atoms with E-state index in [9.17, 15) is 9.18 Å². The predicted molar refractivity (Wildman–Crippen MR) is 90.0 cm³/mol. The molecule has 3 N–H and O–H groups in total. The van der Waals surface area contributed by atoms with Crippen LogP contribution >= 0.6 is 0 Å². The molecule has 128 valence electrons. The second-order valence-corrected chi connectivity index (χ2v) is 6.13. The summed E-state index contributed by atoms with van der Waals surface area (Å²) in [5.41, 5.74) is 1.39. The largest absolute Gasteiger partial charge is 0.338 e. The van der Waals surface area contributed by atoms with Crippen LogP contribution in [0.5, 0.6) is 0 Å². The Bertz CT molecular complexity index is 653. The SMILES string of the molecule is O=C(NCC1CCN(Cc2ccccc2F)CC1)Nc1cn[nH]c1. The number of hydrogen-bond acceptors (Lipinski definition) is 3. The number of piperidine rings is 1. The van der Waals surface area contributed by atoms with Crippen molar-refractivity contribution in [2.75, 3.05) is 25.0 Å². The zero-order valence-electron chi connectivity index (χ0n) is 13.5. The fourth-order valence-corrected chi connectivity index (χ4v) is 2.95. The minimum absolute atomic E-state index is 0.141. The first-order valence-corrected chi connectivity index (χ1v) is 8.20. The number of H-pyrrole nitrogens is 1. The molecule has 24 heavy (non-hydrogen) atoms. The van der Waals surface area contributed by atoms with Crippen LogP contribution in [0.1, 0.15) is 18.4 Å². The van der Waals surface area contributed by atoms with Gasteiger partial charge in [-0.05, 0) is 37.9 Å². The molecule has 1 aromatic heterocycles. The number of benzene rings is 1. The predicted octanol–water partition coefficient (Wildman–Crippen LogP) is 2.58. The van der Waals surface area contributed by atoms with Crippen LogP contribution < -0.4 is 10.6 Å². The van der Waals surface area contributed by atoms with E-state index < -0.39 is 0 Å². The molecule has 0 unspecified atom stereocenters. The maximum atomic E-state index is 13.7. The van der Waals surface area contributed by atoms with Gasteiger partial charge in [-0.1, -0.05) is 18.2 Å². The first kappa shape index (κ1) is 16.4. The smallest absolute Gasteiger partial charge is 0.319 e. The lowest BCUT2D eigenvalue weighted by Gasteiger charge is -2.32. The third kappa shape index (κ3) is 4.55. The van der Waals surface area contributed by atoms with Crippen molar-refractivity contribution >= 4 is 11.7 Å². The van der Waals surface area contributed by atoms with Crippen molar-refractivity contribution < 1.29 is 9.18 Å². The van der Waals surface area contributed by atoms with E-state index in [0.717, 1.165) is 31.5 Å². The van der Waals surface area contributed by atoms with Gasteiger partial charge in [0, 0.05) is 24.8 Å². The van der Waals surface area contributed by atoms with Crippen molar-refractivity contribution in [3.63, 3.8) is 0 Å². The molecular weight excluding hydrogens is 309 g/mol. The second kappa shape index (κ2) is 7.92. The molecule has 7 heteroatoms. The number of nitrogens with zero attached hydrogens (tertiary/aromatic N) is 2. The van der Waals surface area contributed by atoms with Crippen LogP contribution in [0, 0.1) is 11.7 Å². The Morgan fingerprint density at radius 1 is 1.33 bits per heavy atom. The molecule has 1 aliphatic rings. The zero-order chi connectivity index (χ0) is 16.8. The molecule has 1 aromatic carbocycles. The molecule has 1 fully saturated rings. The summed E-state index contributed by atoms with van der Waals surface area (Å²) in [7, 11) is 0. The molecule has 0 aliphatic carbocycles. The molecule has 0 radical (unpaired) electrons. The summed E-state index contributed by atoms with van der Waals surface area (Å²) in [5.74, 6) is 0.314. The van der Waals surface area contributed by atoms with Crippen LogP contribution in [0.15, 0.2) is 36.7 Å². The minimum atomic E-state index is -0.217. The van der Waals surface area contributed by atoms with Gasteiger partial charge in [0.1, 0.15) is 5.82 Å². The highest BCUT2D eigenvalue weighted by molar-refractivity contribution is 5.88. The van der Waals surface area contributed by atoms with Crippen molar-refractivity contribution in [3.05, 3.63) is 48.0 Å². The number of urea groups is 1. The summed E-state index contributed by atoms with van der Waals surface area (Å²) >= 11 is 0. The van der Waals surface area contributed by atoms with Crippen molar-refractivity contribution in [3.8, 4) is 0 Å². The number of aromatic nitrogens is 2. The number of likely N-dealkylation sites (tertiary alicyclic amines) is 1. The molecule has 3 rings (SSSR count). The molecule has 2 heterocycles. The number of amides is 2. The monoisotopic (exact) mass is 331 g/mol. The number of carbonyl (C=O) groups excluding carboxylic acids is 1. The van der Waals surface area contributed by atoms with Gasteiger partial charge in [0.25, 0.3) is 0 Å². The van der Waals surface area contributed by atoms with E-state index in [1.807, 2.05) is 12.1 Å². The lowest BCUT2D eigenvalue weighted by molar-refractivity contribution is 0.174. The second-order valence-electron chi connectivity index (χ2n) is 6.13. The summed E-state index contributed by atoms with van der Waals surface area (Å²) < 4.78 is 13.7. The van der Waals surface area contributed by atoms with Gasteiger partial charge in [0.15, 0.2) is 0 Å². The summed E-state index contributed by atoms with van der Waals surface area (Å²) in [5, 5.41) is 12.0. The molecule has 0 bridgehead atoms. The fraction of sp³-hybridized carbons (Fsp3) is 0.412. The van der Waals surface area contributed by atoms with E-state index in [-0.39, 0.29) is 11.8 Å². The van der Waals surface area contributed by atoms with Gasteiger partial charge in [-0.3, -0.25) is 10.00 Å². The summed E-state index contributed by atoms with van der Waals surface area (Å²) in [6.07, 6.45) is 5.18. The maximum absolute atomic E-state index is 13.7. The Labute approximate surface area is 140 Å². The highest BCUT2D eigenvalue weighted by Gasteiger charge is 2.20. The molecule has 1 saturated heterocycles. The van der Waals surface area contributed by atoms with Crippen LogP contribution in [0.4, 0.5) is 14.9 Å². The number of aromatic amines is 1. The number of halogens is 1. The number of carbonyl (C=O) groups is 1. The van der Waals surface area contributed by atoms with Gasteiger partial charge >= 0.3 is 6.03 Å². The first-order valence-electron chi connectivity index (χ1n) is 8.20. The molecular formula is C17H22FN5O. The molecule has 1 aliphatic heterocycles. The van der Waals surface area contributed by atoms with E-state index >= 15 is 0 Å². The van der Waals surface area contributed by atoms with Gasteiger partial charge < -0.3 is 10.6 Å². The highest BCUT2D eigenvalue weighted by atomic mass is 19.1. The van der Waals surface area contributed by atoms with Crippen LogP contribution in [0.3, 0.4) is 0 Å². The van der Waals surface area contributed by atoms with Gasteiger partial charge in [0.2, 0.25) is 0 Å². The van der Waals surface area contributed by atoms with Crippen LogP contribution in [-0.2, 0) is 6.54 Å². The molecule has 0 saturated carbocycles. The average Bonchev–Trinajstić information content (AvgIpc) is 3.09. The Hall–Kier alpha value is -2.41. The van der Waals surface area contributed by atoms with Gasteiger partial charge in [-0.2, -0.15) is 5.10 Å². The van der Waals surface area contributed by atoms with Crippen molar-refractivity contribution in [2.24, 2.45) is 5.92 Å². The average molecular weight is 331 g/mol. The quantitative estimate of drug-likeness (QED) is 0.788. The van der Waals surface area contributed by atoms with Gasteiger partial charge in [-0.15, -0.1) is 0 Å². The van der Waals surface area contributed by atoms with Crippen LogP contribution in [-0.4, -0.2) is 40.8 Å². The Balaban J connectivity index is 1.37. The topological polar surface area (TPSA) is 73.1 Å². The van der Waals surface area contributed by atoms with E-state index in [4.69, 9.17) is 0 Å². The lowest BCUT2D eigenvalue weighted by atomic mass is 9.96. The maximum Gasteiger partial charge on any atom is 0.319 e. The van der Waals surface area contributed by atoms with Crippen molar-refractivity contribution in [2.45, 2.75) is 19.4 Å². The van der Waals surface area contributed by atoms with E-state index in [1.54, 1.807) is 18.5 Å². The summed E-state index contributed by atoms with van der Waals surface area (Å²) in [6, 6.07) is 6.71. The molecule has 0 atom stereocenters. The summed E-state index contributed by atoms with van der Waals surface area (Å²) in [6.45, 7) is 3.14. The minimum Gasteiger partial charge on any atom is -0.338 e. The standard InChI is InChI=1S/C17H22FN5O/c18-16-4-2-1-3-14(16)12-23-7-5-13(6-8-23)9-19-17(24)22-15-10-20-21-11-15/h1-4,10-11,13H,5-9,12H2,(H,20,21)(H2,19,22,24). The van der Waals surface area contributed by atoms with Crippen molar-refractivity contribution in [1.82, 2.24) is 20.4 Å². The zero-order valence-corrected chi connectivity index (χ0v) is 13.5. The van der Waals surface area contributed by atoms with Crippen LogP contribution in [0.25, 0.3) is 0 Å². The molecule has 2 aromatic rings. The molecule has 2 amide bonds. The van der Waals surface area contributed by atoms with Gasteiger partial charge in [-0.25, -0.2) is 9.18 Å². The van der Waals surface area contributed by atoms with E-state index in [1.165, 1.54) is 6.07 Å². The lowest BCUT2D eigenvalue weighted by Crippen LogP contribution is -2.39. The van der Waals surface area contributed by atoms with Gasteiger partial charge in [0.05, 0.1) is 11.9 Å². The molecule has 6 nitrogen and oxygen atoms in total. The van der Waals surface area contributed by atoms with Crippen LogP contribution in [0.2, 0.25) is 0 Å². The van der Waals surface area contributed by atoms with E-state index in [2.05, 4.69) is 25.7 Å². The highest BCUT2D eigenvalue weighted by Crippen LogP contribution is 2.19. The summed E-state index contributed by atoms with van der Waals surface area (Å²) in [4.78, 5) is 14.0. The third-order valence-electron chi connectivity index (χ3n) is 4.37.